The van der Waals surface area contributed by atoms with Crippen LogP contribution >= 0.6 is 0 Å². The molecule has 0 bridgehead atoms. The number of hydrogen-bond acceptors (Lipinski definition) is 3. The molecule has 3 N–H and O–H groups in total. The lowest BCUT2D eigenvalue weighted by Crippen LogP contribution is -2.51. The lowest BCUT2D eigenvalue weighted by atomic mass is 9.94. The Morgan fingerprint density at radius 2 is 2.20 bits per heavy atom. The van der Waals surface area contributed by atoms with E-state index in [1.165, 1.54) is 0 Å². The first-order valence-electron chi connectivity index (χ1n) is 7.28. The van der Waals surface area contributed by atoms with Crippen LogP contribution in [0.15, 0.2) is 30.3 Å². The molecule has 0 radical (unpaired) electrons. The summed E-state index contributed by atoms with van der Waals surface area (Å²) in [7, 11) is 0. The molecule has 1 aromatic rings. The number of carbonyl (C=O) groups excluding carboxylic acids is 1. The van der Waals surface area contributed by atoms with Gasteiger partial charge in [-0.1, -0.05) is 30.3 Å². The predicted octanol–water partition coefficient (Wildman–Crippen LogP) is 2.15. The number of ether oxygens (including phenoxy) is 1. The van der Waals surface area contributed by atoms with Crippen LogP contribution in [0.2, 0.25) is 0 Å². The number of rotatable bonds is 5. The molecular formula is C16H24N2O2. The van der Waals surface area contributed by atoms with Crippen LogP contribution in [-0.2, 0) is 9.53 Å². The topological polar surface area (TPSA) is 64.4 Å². The molecule has 20 heavy (non-hydrogen) atoms. The Labute approximate surface area is 120 Å². The van der Waals surface area contributed by atoms with Gasteiger partial charge >= 0.3 is 0 Å². The van der Waals surface area contributed by atoms with E-state index >= 15 is 0 Å². The van der Waals surface area contributed by atoms with E-state index in [1.807, 2.05) is 37.3 Å². The molecule has 2 atom stereocenters. The van der Waals surface area contributed by atoms with Crippen molar-refractivity contribution in [3.05, 3.63) is 35.9 Å². The molecule has 2 unspecified atom stereocenters. The zero-order valence-electron chi connectivity index (χ0n) is 12.1. The van der Waals surface area contributed by atoms with Crippen LogP contribution < -0.4 is 11.1 Å². The van der Waals surface area contributed by atoms with Crippen LogP contribution in [0.3, 0.4) is 0 Å². The highest BCUT2D eigenvalue weighted by atomic mass is 16.5. The average molecular weight is 276 g/mol. The van der Waals surface area contributed by atoms with Crippen LogP contribution in [0.1, 0.15) is 44.2 Å². The smallest absolute Gasteiger partial charge is 0.220 e. The number of carbonyl (C=O) groups is 1. The molecule has 1 saturated heterocycles. The van der Waals surface area contributed by atoms with Crippen molar-refractivity contribution in [1.29, 1.82) is 0 Å². The van der Waals surface area contributed by atoms with Gasteiger partial charge in [0.1, 0.15) is 0 Å². The molecule has 0 saturated carbocycles. The standard InChI is InChI=1S/C16H24N2O2/c1-16(10-5-11-20-12-16)18-15(19)9-8-14(17)13-6-3-2-4-7-13/h2-4,6-7,14H,5,8-12,17H2,1H3,(H,18,19). The Morgan fingerprint density at radius 1 is 1.45 bits per heavy atom. The number of amides is 1. The lowest BCUT2D eigenvalue weighted by molar-refractivity contribution is -0.124. The highest BCUT2D eigenvalue weighted by Gasteiger charge is 2.29. The Bertz CT molecular complexity index is 427. The summed E-state index contributed by atoms with van der Waals surface area (Å²) in [4.78, 5) is 12.0. The largest absolute Gasteiger partial charge is 0.379 e. The Kier molecular flexibility index (Phi) is 5.15. The fourth-order valence-corrected chi connectivity index (χ4v) is 2.59. The third-order valence-corrected chi connectivity index (χ3v) is 3.79. The van der Waals surface area contributed by atoms with E-state index in [4.69, 9.17) is 10.5 Å². The summed E-state index contributed by atoms with van der Waals surface area (Å²) in [6.07, 6.45) is 3.09. The quantitative estimate of drug-likeness (QED) is 0.866. The van der Waals surface area contributed by atoms with Crippen LogP contribution in [0.5, 0.6) is 0 Å². The zero-order chi connectivity index (χ0) is 14.4. The van der Waals surface area contributed by atoms with Crippen LogP contribution in [0.25, 0.3) is 0 Å². The number of nitrogens with one attached hydrogen (secondary N) is 1. The number of benzene rings is 1. The molecule has 1 fully saturated rings. The van der Waals surface area contributed by atoms with Gasteiger partial charge in [0.05, 0.1) is 12.1 Å². The molecule has 0 aromatic heterocycles. The monoisotopic (exact) mass is 276 g/mol. The molecule has 1 aliphatic rings. The first kappa shape index (κ1) is 15.0. The summed E-state index contributed by atoms with van der Waals surface area (Å²) in [6, 6.07) is 9.81. The van der Waals surface area contributed by atoms with E-state index in [0.29, 0.717) is 19.4 Å². The van der Waals surface area contributed by atoms with Crippen LogP contribution in [-0.4, -0.2) is 24.7 Å². The summed E-state index contributed by atoms with van der Waals surface area (Å²) in [6.45, 7) is 3.44. The second kappa shape index (κ2) is 6.86. The predicted molar refractivity (Wildman–Crippen MR) is 79.2 cm³/mol. The van der Waals surface area contributed by atoms with Crippen molar-refractivity contribution in [2.24, 2.45) is 5.73 Å². The van der Waals surface area contributed by atoms with Gasteiger partial charge in [-0.05, 0) is 31.7 Å². The Hall–Kier alpha value is -1.39. The fraction of sp³-hybridized carbons (Fsp3) is 0.562. The molecule has 0 aliphatic carbocycles. The molecule has 110 valence electrons. The maximum absolute atomic E-state index is 12.0. The van der Waals surface area contributed by atoms with E-state index in [1.54, 1.807) is 0 Å². The fourth-order valence-electron chi connectivity index (χ4n) is 2.59. The van der Waals surface area contributed by atoms with Crippen molar-refractivity contribution in [2.75, 3.05) is 13.2 Å². The van der Waals surface area contributed by atoms with Crippen LogP contribution in [0.4, 0.5) is 0 Å². The first-order valence-corrected chi connectivity index (χ1v) is 7.28. The summed E-state index contributed by atoms with van der Waals surface area (Å²) in [5, 5.41) is 3.08. The first-order chi connectivity index (χ1) is 9.59. The minimum atomic E-state index is -0.216. The number of hydrogen-bond donors (Lipinski definition) is 2. The van der Waals surface area contributed by atoms with E-state index in [-0.39, 0.29) is 17.5 Å². The third-order valence-electron chi connectivity index (χ3n) is 3.79. The highest BCUT2D eigenvalue weighted by molar-refractivity contribution is 5.76. The minimum Gasteiger partial charge on any atom is -0.379 e. The molecule has 4 heteroatoms. The molecule has 1 heterocycles. The van der Waals surface area contributed by atoms with E-state index in [9.17, 15) is 4.79 Å². The van der Waals surface area contributed by atoms with Crippen molar-refractivity contribution in [2.45, 2.75) is 44.2 Å². The van der Waals surface area contributed by atoms with Crippen molar-refractivity contribution in [3.63, 3.8) is 0 Å². The van der Waals surface area contributed by atoms with Crippen molar-refractivity contribution >= 4 is 5.91 Å². The molecule has 2 rings (SSSR count). The van der Waals surface area contributed by atoms with Gasteiger partial charge in [-0.3, -0.25) is 4.79 Å². The Morgan fingerprint density at radius 3 is 2.85 bits per heavy atom. The SMILES string of the molecule is CC1(NC(=O)CCC(N)c2ccccc2)CCCOC1. The van der Waals surface area contributed by atoms with Gasteiger partial charge in [0.2, 0.25) is 5.91 Å². The van der Waals surface area contributed by atoms with Gasteiger partial charge in [-0.15, -0.1) is 0 Å². The van der Waals surface area contributed by atoms with Gasteiger partial charge in [0.25, 0.3) is 0 Å². The van der Waals surface area contributed by atoms with Crippen molar-refractivity contribution in [3.8, 4) is 0 Å². The molecule has 1 aromatic carbocycles. The van der Waals surface area contributed by atoms with Gasteiger partial charge < -0.3 is 15.8 Å². The maximum atomic E-state index is 12.0. The van der Waals surface area contributed by atoms with Crippen LogP contribution in [0, 0.1) is 0 Å². The molecule has 1 amide bonds. The number of nitrogens with two attached hydrogens (primary N) is 1. The van der Waals surface area contributed by atoms with Gasteiger partial charge in [0, 0.05) is 19.1 Å². The van der Waals surface area contributed by atoms with Gasteiger partial charge in [0.15, 0.2) is 0 Å². The van der Waals surface area contributed by atoms with Crippen molar-refractivity contribution < 1.29 is 9.53 Å². The average Bonchev–Trinajstić information content (AvgIpc) is 2.46. The van der Waals surface area contributed by atoms with Gasteiger partial charge in [-0.25, -0.2) is 0 Å². The van der Waals surface area contributed by atoms with E-state index in [0.717, 1.165) is 25.0 Å². The van der Waals surface area contributed by atoms with Crippen molar-refractivity contribution in [1.82, 2.24) is 5.32 Å². The normalized spacial score (nSPS) is 24.1. The molecule has 1 aliphatic heterocycles. The maximum Gasteiger partial charge on any atom is 0.220 e. The third kappa shape index (κ3) is 4.32. The summed E-state index contributed by atoms with van der Waals surface area (Å²) in [5.41, 5.74) is 6.97. The zero-order valence-corrected chi connectivity index (χ0v) is 12.1. The summed E-state index contributed by atoms with van der Waals surface area (Å²) < 4.78 is 5.44. The molecular weight excluding hydrogens is 252 g/mol. The second-order valence-electron chi connectivity index (χ2n) is 5.82. The van der Waals surface area contributed by atoms with Gasteiger partial charge in [-0.2, -0.15) is 0 Å². The summed E-state index contributed by atoms with van der Waals surface area (Å²) in [5.74, 6) is 0.0596. The second-order valence-corrected chi connectivity index (χ2v) is 5.82. The van der Waals surface area contributed by atoms with E-state index in [2.05, 4.69) is 5.32 Å². The summed E-state index contributed by atoms with van der Waals surface area (Å²) >= 11 is 0. The molecule has 0 spiro atoms. The lowest BCUT2D eigenvalue weighted by Gasteiger charge is -2.34. The molecule has 4 nitrogen and oxygen atoms in total. The van der Waals surface area contributed by atoms with E-state index < -0.39 is 0 Å². The Balaban J connectivity index is 1.77. The highest BCUT2D eigenvalue weighted by Crippen LogP contribution is 2.19. The minimum absolute atomic E-state index is 0.0596.